The Morgan fingerprint density at radius 3 is 1.84 bits per heavy atom. The maximum atomic E-state index is 2.58. The first-order chi connectivity index (χ1) is 27.4. The zero-order valence-corrected chi connectivity index (χ0v) is 32.8. The third-order valence-corrected chi connectivity index (χ3v) is 14.4. The number of hydrogen-bond donors (Lipinski definition) is 0. The minimum Gasteiger partial charge on any atom is -0.310 e. The summed E-state index contributed by atoms with van der Waals surface area (Å²) in [5, 5.41) is 0. The predicted octanol–water partition coefficient (Wildman–Crippen LogP) is 14.9. The molecule has 4 unspecified atom stereocenters. The molecule has 11 rings (SSSR count). The van der Waals surface area contributed by atoms with Crippen molar-refractivity contribution in [1.82, 2.24) is 0 Å². The minimum absolute atomic E-state index is 0.0554. The third-order valence-electron chi connectivity index (χ3n) is 14.4. The Kier molecular flexibility index (Phi) is 7.62. The number of rotatable bonds is 5. The quantitative estimate of drug-likeness (QED) is 0.171. The molecule has 2 fully saturated rings. The molecule has 4 aliphatic rings. The topological polar surface area (TPSA) is 3.24 Å². The van der Waals surface area contributed by atoms with E-state index in [4.69, 9.17) is 0 Å². The molecule has 0 aliphatic heterocycles. The molecule has 0 heterocycles. The highest BCUT2D eigenvalue weighted by Crippen LogP contribution is 2.63. The Morgan fingerprint density at radius 2 is 1.07 bits per heavy atom. The standard InChI is InChI=1S/C55H49N/c1-36-32-37-30-31-55(42(33-36)34-37)49-17-10-7-14-45(49)46-29-26-41(35-51(46)55)40-22-20-38(21-23-40)39-24-27-44(28-25-39)56(43-12-5-4-6-13-43)52-19-11-18-50-53(52)47-15-8-9-16-48(47)54(50,2)3/h4-29,35-37,42H,30-34H2,1-3H3. The van der Waals surface area contributed by atoms with Crippen LogP contribution in [0.25, 0.3) is 44.5 Å². The number of hydrogen-bond acceptors (Lipinski definition) is 1. The van der Waals surface area contributed by atoms with Gasteiger partial charge >= 0.3 is 0 Å². The van der Waals surface area contributed by atoms with Gasteiger partial charge in [-0.05, 0) is 147 Å². The lowest BCUT2D eigenvalue weighted by Gasteiger charge is -2.50. The van der Waals surface area contributed by atoms with Gasteiger partial charge in [0.15, 0.2) is 0 Å². The summed E-state index contributed by atoms with van der Waals surface area (Å²) >= 11 is 0. The van der Waals surface area contributed by atoms with E-state index in [0.717, 1.165) is 29.1 Å². The summed E-state index contributed by atoms with van der Waals surface area (Å²) in [7, 11) is 0. The van der Waals surface area contributed by atoms with Gasteiger partial charge in [-0.2, -0.15) is 0 Å². The van der Waals surface area contributed by atoms with Crippen molar-refractivity contribution in [3.63, 3.8) is 0 Å². The van der Waals surface area contributed by atoms with E-state index < -0.39 is 0 Å². The van der Waals surface area contributed by atoms with Gasteiger partial charge in [-0.3, -0.25) is 0 Å². The maximum absolute atomic E-state index is 2.58. The van der Waals surface area contributed by atoms with Crippen LogP contribution in [0.15, 0.2) is 164 Å². The van der Waals surface area contributed by atoms with E-state index in [1.54, 1.807) is 11.1 Å². The molecule has 2 saturated carbocycles. The summed E-state index contributed by atoms with van der Waals surface area (Å²) in [4.78, 5) is 2.43. The van der Waals surface area contributed by atoms with Gasteiger partial charge in [-0.1, -0.05) is 148 Å². The summed E-state index contributed by atoms with van der Waals surface area (Å²) in [6, 6.07) is 61.8. The van der Waals surface area contributed by atoms with Crippen LogP contribution in [0.5, 0.6) is 0 Å². The normalized spacial score (nSPS) is 22.2. The van der Waals surface area contributed by atoms with E-state index in [9.17, 15) is 0 Å². The summed E-state index contributed by atoms with van der Waals surface area (Å²) in [6.07, 6.45) is 6.81. The summed E-state index contributed by atoms with van der Waals surface area (Å²) in [5.41, 5.74) is 20.3. The van der Waals surface area contributed by atoms with Crippen LogP contribution in [-0.4, -0.2) is 0 Å². The molecule has 0 saturated heterocycles. The SMILES string of the molecule is CC1CC2CCC3(c4ccccc4-c4ccc(-c5ccc(-c6ccc(N(c7ccccc7)c7cccc8c7-c7ccccc7C8(C)C)cc6)cc5)cc43)C(C1)C2. The molecule has 4 aliphatic carbocycles. The lowest BCUT2D eigenvalue weighted by molar-refractivity contribution is 0.0856. The van der Waals surface area contributed by atoms with Crippen LogP contribution in [0.2, 0.25) is 0 Å². The average molecular weight is 724 g/mol. The molecule has 1 nitrogen and oxygen atoms in total. The van der Waals surface area contributed by atoms with Crippen molar-refractivity contribution >= 4 is 17.1 Å². The number of fused-ring (bicyclic) bond motifs is 11. The van der Waals surface area contributed by atoms with E-state index in [-0.39, 0.29) is 10.8 Å². The molecule has 0 aromatic heterocycles. The van der Waals surface area contributed by atoms with Crippen molar-refractivity contribution in [2.75, 3.05) is 4.90 Å². The predicted molar refractivity (Wildman–Crippen MR) is 235 cm³/mol. The van der Waals surface area contributed by atoms with Gasteiger partial charge in [0.1, 0.15) is 0 Å². The molecule has 7 aromatic rings. The van der Waals surface area contributed by atoms with Crippen molar-refractivity contribution in [3.05, 3.63) is 186 Å². The lowest BCUT2D eigenvalue weighted by atomic mass is 9.53. The van der Waals surface area contributed by atoms with E-state index >= 15 is 0 Å². The molecule has 1 spiro atoms. The molecule has 4 atom stereocenters. The molecule has 0 N–H and O–H groups in total. The number of anilines is 3. The van der Waals surface area contributed by atoms with Gasteiger partial charge in [-0.25, -0.2) is 0 Å². The summed E-state index contributed by atoms with van der Waals surface area (Å²) in [6.45, 7) is 7.21. The Balaban J connectivity index is 0.931. The van der Waals surface area contributed by atoms with E-state index in [2.05, 4.69) is 189 Å². The van der Waals surface area contributed by atoms with Crippen LogP contribution in [0.3, 0.4) is 0 Å². The third kappa shape index (κ3) is 4.99. The van der Waals surface area contributed by atoms with Crippen molar-refractivity contribution < 1.29 is 0 Å². The molecular formula is C55H49N. The molecule has 2 bridgehead atoms. The second-order valence-corrected chi connectivity index (χ2v) is 17.9. The zero-order chi connectivity index (χ0) is 37.6. The molecule has 56 heavy (non-hydrogen) atoms. The van der Waals surface area contributed by atoms with Crippen LogP contribution in [0, 0.1) is 17.8 Å². The average Bonchev–Trinajstić information content (AvgIpc) is 3.65. The Bertz CT molecular complexity index is 2610. The van der Waals surface area contributed by atoms with Crippen LogP contribution in [0.4, 0.5) is 17.1 Å². The van der Waals surface area contributed by atoms with Crippen LogP contribution >= 0.6 is 0 Å². The zero-order valence-electron chi connectivity index (χ0n) is 32.8. The van der Waals surface area contributed by atoms with Crippen molar-refractivity contribution in [2.45, 2.75) is 63.7 Å². The van der Waals surface area contributed by atoms with Crippen LogP contribution < -0.4 is 4.90 Å². The Hall–Kier alpha value is -5.66. The second-order valence-electron chi connectivity index (χ2n) is 17.9. The van der Waals surface area contributed by atoms with Crippen molar-refractivity contribution in [2.24, 2.45) is 17.8 Å². The minimum atomic E-state index is -0.0554. The number of para-hydroxylation sites is 1. The van der Waals surface area contributed by atoms with Crippen molar-refractivity contribution in [3.8, 4) is 44.5 Å². The highest BCUT2D eigenvalue weighted by molar-refractivity contribution is 5.95. The van der Waals surface area contributed by atoms with Crippen LogP contribution in [0.1, 0.15) is 75.1 Å². The highest BCUT2D eigenvalue weighted by Gasteiger charge is 2.53. The van der Waals surface area contributed by atoms with E-state index in [1.165, 1.54) is 93.4 Å². The molecule has 7 aromatic carbocycles. The summed E-state index contributed by atoms with van der Waals surface area (Å²) < 4.78 is 0. The highest BCUT2D eigenvalue weighted by atomic mass is 15.1. The largest absolute Gasteiger partial charge is 0.310 e. The molecule has 0 amide bonds. The van der Waals surface area contributed by atoms with Crippen molar-refractivity contribution in [1.29, 1.82) is 0 Å². The fourth-order valence-electron chi connectivity index (χ4n) is 11.9. The van der Waals surface area contributed by atoms with Gasteiger partial charge < -0.3 is 4.90 Å². The summed E-state index contributed by atoms with van der Waals surface area (Å²) in [5.74, 6) is 2.46. The Morgan fingerprint density at radius 1 is 0.482 bits per heavy atom. The first-order valence-electron chi connectivity index (χ1n) is 20.9. The van der Waals surface area contributed by atoms with Gasteiger partial charge in [0.25, 0.3) is 0 Å². The molecule has 1 heteroatoms. The Labute approximate surface area is 332 Å². The lowest BCUT2D eigenvalue weighted by Crippen LogP contribution is -2.44. The first kappa shape index (κ1) is 33.7. The van der Waals surface area contributed by atoms with Gasteiger partial charge in [-0.15, -0.1) is 0 Å². The molecular weight excluding hydrogens is 675 g/mol. The fraction of sp³-hybridized carbons (Fsp3) is 0.236. The van der Waals surface area contributed by atoms with Gasteiger partial charge in [0.2, 0.25) is 0 Å². The smallest absolute Gasteiger partial charge is 0.0543 e. The first-order valence-corrected chi connectivity index (χ1v) is 20.9. The maximum Gasteiger partial charge on any atom is 0.0543 e. The van der Waals surface area contributed by atoms with E-state index in [1.807, 2.05) is 0 Å². The number of benzene rings is 7. The second kappa shape index (κ2) is 12.7. The monoisotopic (exact) mass is 723 g/mol. The fourth-order valence-corrected chi connectivity index (χ4v) is 11.9. The van der Waals surface area contributed by atoms with Gasteiger partial charge in [0, 0.05) is 27.8 Å². The van der Waals surface area contributed by atoms with Crippen LogP contribution in [-0.2, 0) is 10.8 Å². The number of nitrogens with zero attached hydrogens (tertiary/aromatic N) is 1. The van der Waals surface area contributed by atoms with Gasteiger partial charge in [0.05, 0.1) is 5.69 Å². The molecule has 0 radical (unpaired) electrons. The molecule has 274 valence electrons. The van der Waals surface area contributed by atoms with E-state index in [0.29, 0.717) is 0 Å².